The molecular formula is C21H23N3O2. The molecule has 1 fully saturated rings. The molecule has 1 atom stereocenters. The molecule has 2 aromatic carbocycles. The molecule has 1 aliphatic rings. The number of hydrogen-bond donors (Lipinski definition) is 0. The number of methoxy groups -OCH3 is 1. The van der Waals surface area contributed by atoms with E-state index in [9.17, 15) is 0 Å². The quantitative estimate of drug-likeness (QED) is 0.696. The van der Waals surface area contributed by atoms with Gasteiger partial charge in [-0.1, -0.05) is 47.1 Å². The van der Waals surface area contributed by atoms with Crippen LogP contribution in [-0.2, 0) is 6.54 Å². The third kappa shape index (κ3) is 3.63. The Morgan fingerprint density at radius 2 is 2.08 bits per heavy atom. The Labute approximate surface area is 153 Å². The molecule has 0 bridgehead atoms. The first kappa shape index (κ1) is 16.8. The molecule has 1 unspecified atom stereocenters. The van der Waals surface area contributed by atoms with Crippen molar-refractivity contribution >= 4 is 0 Å². The molecule has 4 rings (SSSR count). The van der Waals surface area contributed by atoms with Crippen LogP contribution in [0.25, 0.3) is 11.4 Å². The second kappa shape index (κ2) is 7.30. The van der Waals surface area contributed by atoms with Crippen LogP contribution in [0.3, 0.4) is 0 Å². The highest BCUT2D eigenvalue weighted by molar-refractivity contribution is 5.56. The van der Waals surface area contributed by atoms with E-state index in [4.69, 9.17) is 9.26 Å². The van der Waals surface area contributed by atoms with Crippen molar-refractivity contribution in [3.05, 3.63) is 65.5 Å². The molecule has 5 nitrogen and oxygen atoms in total. The standard InChI is InChI=1S/C21H23N3O2/c1-15-5-3-6-16(11-15)13-24-10-9-18(14-24)21-22-20(23-26-21)17-7-4-8-19(12-17)25-2/h3-8,11-12,18H,9-10,13-14H2,1-2H3. The van der Waals surface area contributed by atoms with Gasteiger partial charge in [0.25, 0.3) is 0 Å². The van der Waals surface area contributed by atoms with E-state index < -0.39 is 0 Å². The van der Waals surface area contributed by atoms with Gasteiger partial charge in [-0.05, 0) is 37.6 Å². The summed E-state index contributed by atoms with van der Waals surface area (Å²) in [7, 11) is 1.65. The predicted octanol–water partition coefficient (Wildman–Crippen LogP) is 4.04. The first-order valence-electron chi connectivity index (χ1n) is 8.97. The Balaban J connectivity index is 1.43. The average Bonchev–Trinajstić information content (AvgIpc) is 3.31. The van der Waals surface area contributed by atoms with Crippen LogP contribution in [0.4, 0.5) is 0 Å². The van der Waals surface area contributed by atoms with Gasteiger partial charge in [0.1, 0.15) is 5.75 Å². The summed E-state index contributed by atoms with van der Waals surface area (Å²) < 4.78 is 10.8. The topological polar surface area (TPSA) is 51.4 Å². The summed E-state index contributed by atoms with van der Waals surface area (Å²) in [5, 5.41) is 4.17. The van der Waals surface area contributed by atoms with Gasteiger partial charge in [0.05, 0.1) is 13.0 Å². The maximum absolute atomic E-state index is 5.57. The molecule has 0 N–H and O–H groups in total. The van der Waals surface area contributed by atoms with E-state index in [-0.39, 0.29) is 0 Å². The zero-order valence-electron chi connectivity index (χ0n) is 15.2. The van der Waals surface area contributed by atoms with Crippen molar-refractivity contribution in [1.82, 2.24) is 15.0 Å². The minimum Gasteiger partial charge on any atom is -0.497 e. The highest BCUT2D eigenvalue weighted by atomic mass is 16.5. The van der Waals surface area contributed by atoms with Gasteiger partial charge < -0.3 is 9.26 Å². The highest BCUT2D eigenvalue weighted by Gasteiger charge is 2.28. The fourth-order valence-electron chi connectivity index (χ4n) is 3.53. The zero-order valence-corrected chi connectivity index (χ0v) is 15.2. The summed E-state index contributed by atoms with van der Waals surface area (Å²) in [6.07, 6.45) is 1.05. The Hall–Kier alpha value is -2.66. The van der Waals surface area contributed by atoms with Gasteiger partial charge in [-0.25, -0.2) is 0 Å². The summed E-state index contributed by atoms with van der Waals surface area (Å²) in [6, 6.07) is 16.4. The van der Waals surface area contributed by atoms with Gasteiger partial charge in [0, 0.05) is 18.7 Å². The van der Waals surface area contributed by atoms with Gasteiger partial charge in [0.15, 0.2) is 0 Å². The molecule has 1 aromatic heterocycles. The van der Waals surface area contributed by atoms with Gasteiger partial charge in [-0.15, -0.1) is 0 Å². The van der Waals surface area contributed by atoms with E-state index in [1.165, 1.54) is 11.1 Å². The number of ether oxygens (including phenoxy) is 1. The van der Waals surface area contributed by atoms with Crippen molar-refractivity contribution in [2.24, 2.45) is 0 Å². The summed E-state index contributed by atoms with van der Waals surface area (Å²) in [6.45, 7) is 5.10. The number of hydrogen-bond acceptors (Lipinski definition) is 5. The van der Waals surface area contributed by atoms with Crippen LogP contribution in [0.5, 0.6) is 5.75 Å². The highest BCUT2D eigenvalue weighted by Crippen LogP contribution is 2.29. The van der Waals surface area contributed by atoms with Crippen molar-refractivity contribution in [1.29, 1.82) is 0 Å². The van der Waals surface area contributed by atoms with Crippen molar-refractivity contribution in [3.8, 4) is 17.1 Å². The minimum atomic E-state index is 0.298. The Kier molecular flexibility index (Phi) is 4.71. The van der Waals surface area contributed by atoms with E-state index in [0.717, 1.165) is 43.3 Å². The van der Waals surface area contributed by atoms with Crippen LogP contribution in [-0.4, -0.2) is 35.2 Å². The van der Waals surface area contributed by atoms with Crippen LogP contribution in [0.15, 0.2) is 53.1 Å². The van der Waals surface area contributed by atoms with Crippen LogP contribution in [0.2, 0.25) is 0 Å². The van der Waals surface area contributed by atoms with E-state index in [0.29, 0.717) is 11.7 Å². The lowest BCUT2D eigenvalue weighted by atomic mass is 10.1. The minimum absolute atomic E-state index is 0.298. The molecule has 0 aliphatic carbocycles. The molecule has 3 aromatic rings. The summed E-state index contributed by atoms with van der Waals surface area (Å²) >= 11 is 0. The summed E-state index contributed by atoms with van der Waals surface area (Å²) in [5.74, 6) is 2.44. The molecule has 2 heterocycles. The van der Waals surface area contributed by atoms with Crippen LogP contribution in [0, 0.1) is 6.92 Å². The second-order valence-corrected chi connectivity index (χ2v) is 6.90. The molecule has 0 radical (unpaired) electrons. The fraction of sp³-hybridized carbons (Fsp3) is 0.333. The van der Waals surface area contributed by atoms with Gasteiger partial charge in [-0.3, -0.25) is 4.90 Å². The van der Waals surface area contributed by atoms with Crippen LogP contribution >= 0.6 is 0 Å². The Bertz CT molecular complexity index is 890. The lowest BCUT2D eigenvalue weighted by Crippen LogP contribution is -2.19. The molecule has 26 heavy (non-hydrogen) atoms. The lowest BCUT2D eigenvalue weighted by molar-refractivity contribution is 0.309. The van der Waals surface area contributed by atoms with E-state index >= 15 is 0 Å². The summed E-state index contributed by atoms with van der Waals surface area (Å²) in [4.78, 5) is 7.09. The van der Waals surface area contributed by atoms with E-state index in [1.807, 2.05) is 24.3 Å². The van der Waals surface area contributed by atoms with E-state index in [1.54, 1.807) is 7.11 Å². The molecule has 134 valence electrons. The molecule has 0 amide bonds. The zero-order chi connectivity index (χ0) is 17.9. The molecule has 0 spiro atoms. The molecular weight excluding hydrogens is 326 g/mol. The first-order valence-corrected chi connectivity index (χ1v) is 8.97. The first-order chi connectivity index (χ1) is 12.7. The number of benzene rings is 2. The maximum atomic E-state index is 5.57. The van der Waals surface area contributed by atoms with Crippen molar-refractivity contribution in [3.63, 3.8) is 0 Å². The lowest BCUT2D eigenvalue weighted by Gasteiger charge is -2.15. The Morgan fingerprint density at radius 1 is 1.19 bits per heavy atom. The number of aromatic nitrogens is 2. The van der Waals surface area contributed by atoms with Crippen LogP contribution in [0.1, 0.15) is 29.4 Å². The van der Waals surface area contributed by atoms with E-state index in [2.05, 4.69) is 46.2 Å². The number of likely N-dealkylation sites (tertiary alicyclic amines) is 1. The molecule has 1 saturated heterocycles. The third-order valence-corrected chi connectivity index (χ3v) is 4.88. The molecule has 5 heteroatoms. The number of rotatable bonds is 5. The second-order valence-electron chi connectivity index (χ2n) is 6.90. The fourth-order valence-corrected chi connectivity index (χ4v) is 3.53. The van der Waals surface area contributed by atoms with Gasteiger partial charge in [0.2, 0.25) is 11.7 Å². The third-order valence-electron chi connectivity index (χ3n) is 4.88. The maximum Gasteiger partial charge on any atom is 0.231 e. The summed E-state index contributed by atoms with van der Waals surface area (Å²) in [5.41, 5.74) is 3.57. The molecule has 1 aliphatic heterocycles. The van der Waals surface area contributed by atoms with Crippen LogP contribution < -0.4 is 4.74 Å². The Morgan fingerprint density at radius 3 is 2.92 bits per heavy atom. The average molecular weight is 349 g/mol. The monoisotopic (exact) mass is 349 g/mol. The number of aryl methyl sites for hydroxylation is 1. The SMILES string of the molecule is COc1cccc(-c2noc(C3CCN(Cc4cccc(C)c4)C3)n2)c1. The largest absolute Gasteiger partial charge is 0.497 e. The predicted molar refractivity (Wildman–Crippen MR) is 100 cm³/mol. The van der Waals surface area contributed by atoms with Crippen molar-refractivity contribution in [2.45, 2.75) is 25.8 Å². The van der Waals surface area contributed by atoms with Crippen molar-refractivity contribution in [2.75, 3.05) is 20.2 Å². The normalized spacial score (nSPS) is 17.5. The van der Waals surface area contributed by atoms with Crippen molar-refractivity contribution < 1.29 is 9.26 Å². The van der Waals surface area contributed by atoms with Gasteiger partial charge >= 0.3 is 0 Å². The van der Waals surface area contributed by atoms with Gasteiger partial charge in [-0.2, -0.15) is 4.98 Å². The molecule has 0 saturated carbocycles. The smallest absolute Gasteiger partial charge is 0.231 e. The number of nitrogens with zero attached hydrogens (tertiary/aromatic N) is 3.